The van der Waals surface area contributed by atoms with Crippen LogP contribution in [-0.4, -0.2) is 37.4 Å². The van der Waals surface area contributed by atoms with Crippen LogP contribution < -0.4 is 21.2 Å². The number of carbonyl (C=O) groups excluding carboxylic acids is 3. The largest absolute Gasteiger partial charge is 0.423 e. The van der Waals surface area contributed by atoms with Gasteiger partial charge in [-0.15, -0.1) is 0 Å². The number of likely N-dealkylation sites (N-methyl/N-ethyl adjacent to an activating group) is 1. The third-order valence-electron chi connectivity index (χ3n) is 7.58. The minimum absolute atomic E-state index is 0.0772. The molecule has 2 aromatic rings. The number of benzene rings is 1. The van der Waals surface area contributed by atoms with Crippen molar-refractivity contribution >= 4 is 34.4 Å². The third kappa shape index (κ3) is 12.9. The number of nitrogens with one attached hydrogen (secondary N) is 2. The Hall–Kier alpha value is -3.16. The first-order valence-electron chi connectivity index (χ1n) is 15.6. The summed E-state index contributed by atoms with van der Waals surface area (Å²) in [6, 6.07) is 6.02. The molecule has 3 amide bonds. The third-order valence-corrected chi connectivity index (χ3v) is 7.58. The van der Waals surface area contributed by atoms with Crippen molar-refractivity contribution in [1.29, 1.82) is 0 Å². The number of amides is 3. The van der Waals surface area contributed by atoms with E-state index in [1.807, 2.05) is 13.0 Å². The molecule has 1 aromatic heterocycles. The van der Waals surface area contributed by atoms with Crippen molar-refractivity contribution in [2.45, 2.75) is 123 Å². The van der Waals surface area contributed by atoms with Crippen LogP contribution in [-0.2, 0) is 14.4 Å². The van der Waals surface area contributed by atoms with Gasteiger partial charge in [-0.1, -0.05) is 71.1 Å². The van der Waals surface area contributed by atoms with E-state index in [1.54, 1.807) is 19.2 Å². The molecule has 0 spiro atoms. The monoisotopic (exact) mass is 569 g/mol. The quantitative estimate of drug-likeness (QED) is 0.139. The predicted molar refractivity (Wildman–Crippen MR) is 166 cm³/mol. The first kappa shape index (κ1) is 34.0. The lowest BCUT2D eigenvalue weighted by molar-refractivity contribution is -0.126. The van der Waals surface area contributed by atoms with Gasteiger partial charge in [0, 0.05) is 50.1 Å². The zero-order valence-corrected chi connectivity index (χ0v) is 25.7. The number of rotatable bonds is 20. The molecule has 0 aliphatic heterocycles. The number of hydrogen-bond acceptors (Lipinski definition) is 5. The van der Waals surface area contributed by atoms with Gasteiger partial charge in [-0.2, -0.15) is 0 Å². The highest BCUT2D eigenvalue weighted by molar-refractivity contribution is 6.00. The van der Waals surface area contributed by atoms with Crippen LogP contribution >= 0.6 is 0 Å². The molecule has 1 aromatic carbocycles. The van der Waals surface area contributed by atoms with Crippen LogP contribution in [0.2, 0.25) is 0 Å². The van der Waals surface area contributed by atoms with Crippen LogP contribution in [0.15, 0.2) is 33.5 Å². The predicted octanol–water partition coefficient (Wildman–Crippen LogP) is 6.56. The van der Waals surface area contributed by atoms with E-state index in [9.17, 15) is 19.2 Å². The maximum Gasteiger partial charge on any atom is 0.336 e. The Bertz CT molecular complexity index is 1160. The average Bonchev–Trinajstić information content (AvgIpc) is 2.93. The molecule has 0 fully saturated rings. The van der Waals surface area contributed by atoms with Crippen molar-refractivity contribution in [3.63, 3.8) is 0 Å². The van der Waals surface area contributed by atoms with Gasteiger partial charge in [0.25, 0.3) is 0 Å². The number of hydrogen-bond donors (Lipinski definition) is 2. The lowest BCUT2D eigenvalue weighted by Gasteiger charge is -2.24. The van der Waals surface area contributed by atoms with Crippen molar-refractivity contribution in [3.8, 4) is 0 Å². The van der Waals surface area contributed by atoms with E-state index in [2.05, 4.69) is 17.6 Å². The lowest BCUT2D eigenvalue weighted by Crippen LogP contribution is -2.47. The molecular formula is C33H51N3O5. The van der Waals surface area contributed by atoms with Crippen molar-refractivity contribution in [2.75, 3.05) is 18.5 Å². The molecule has 0 radical (unpaired) electrons. The van der Waals surface area contributed by atoms with Gasteiger partial charge in [0.1, 0.15) is 11.6 Å². The van der Waals surface area contributed by atoms with E-state index in [0.717, 1.165) is 30.2 Å². The first-order valence-corrected chi connectivity index (χ1v) is 15.6. The van der Waals surface area contributed by atoms with Gasteiger partial charge >= 0.3 is 5.63 Å². The maximum absolute atomic E-state index is 13.3. The van der Waals surface area contributed by atoms with Crippen LogP contribution in [0.1, 0.15) is 116 Å². The summed E-state index contributed by atoms with van der Waals surface area (Å²) in [5.41, 5.74) is 1.34. The van der Waals surface area contributed by atoms with Crippen molar-refractivity contribution in [2.24, 2.45) is 0 Å². The second-order valence-corrected chi connectivity index (χ2v) is 11.2. The normalized spacial score (nSPS) is 11.8. The van der Waals surface area contributed by atoms with Crippen molar-refractivity contribution in [1.82, 2.24) is 10.6 Å². The van der Waals surface area contributed by atoms with Crippen LogP contribution in [0.4, 0.5) is 5.69 Å². The Balaban J connectivity index is 1.68. The van der Waals surface area contributed by atoms with E-state index in [1.165, 1.54) is 75.7 Å². The molecule has 0 saturated carbocycles. The Morgan fingerprint density at radius 2 is 1.51 bits per heavy atom. The zero-order chi connectivity index (χ0) is 30.0. The highest BCUT2D eigenvalue weighted by atomic mass is 16.4. The highest BCUT2D eigenvalue weighted by Gasteiger charge is 2.24. The van der Waals surface area contributed by atoms with Crippen molar-refractivity contribution in [3.05, 3.63) is 40.2 Å². The Morgan fingerprint density at radius 1 is 0.878 bits per heavy atom. The molecule has 0 aliphatic rings. The lowest BCUT2D eigenvalue weighted by atomic mass is 10.1. The SMILES string of the molecule is CCCCCCCCCCCCCC(=O)NCCCC[C@H](NC(C)=O)C(=O)N(C)c1ccc2c(C)cc(=O)oc2c1. The number of carbonyl (C=O) groups is 3. The zero-order valence-electron chi connectivity index (χ0n) is 25.7. The molecule has 0 unspecified atom stereocenters. The fourth-order valence-electron chi connectivity index (χ4n) is 5.13. The first-order chi connectivity index (χ1) is 19.7. The molecule has 8 nitrogen and oxygen atoms in total. The Morgan fingerprint density at radius 3 is 2.15 bits per heavy atom. The fourth-order valence-corrected chi connectivity index (χ4v) is 5.13. The van der Waals surface area contributed by atoms with Gasteiger partial charge in [0.2, 0.25) is 17.7 Å². The molecule has 0 saturated heterocycles. The van der Waals surface area contributed by atoms with Gasteiger partial charge in [-0.3, -0.25) is 14.4 Å². The average molecular weight is 570 g/mol. The molecule has 0 aliphatic carbocycles. The second-order valence-electron chi connectivity index (χ2n) is 11.2. The standard InChI is InChI=1S/C33H51N3O5/c1-5-6-7-8-9-10-11-12-13-14-15-19-31(38)34-22-17-16-18-29(35-26(3)37)33(40)36(4)27-20-21-28-25(2)23-32(39)41-30(28)24-27/h20-21,23-24,29H,5-19,22H2,1-4H3,(H,34,38)(H,35,37)/t29-/m0/s1. The van der Waals surface area contributed by atoms with E-state index < -0.39 is 11.7 Å². The van der Waals surface area contributed by atoms with E-state index in [-0.39, 0.29) is 17.7 Å². The number of unbranched alkanes of at least 4 members (excludes halogenated alkanes) is 11. The molecule has 41 heavy (non-hydrogen) atoms. The van der Waals surface area contributed by atoms with Crippen LogP contribution in [0.5, 0.6) is 0 Å². The number of fused-ring (bicyclic) bond motifs is 1. The molecule has 1 heterocycles. The Labute approximate surface area is 245 Å². The summed E-state index contributed by atoms with van der Waals surface area (Å²) >= 11 is 0. The van der Waals surface area contributed by atoms with Crippen molar-refractivity contribution < 1.29 is 18.8 Å². The number of aryl methyl sites for hydroxylation is 1. The smallest absolute Gasteiger partial charge is 0.336 e. The topological polar surface area (TPSA) is 109 Å². The molecule has 8 heteroatoms. The summed E-state index contributed by atoms with van der Waals surface area (Å²) in [6.45, 7) is 6.02. The molecular weight excluding hydrogens is 518 g/mol. The summed E-state index contributed by atoms with van der Waals surface area (Å²) < 4.78 is 5.32. The van der Waals surface area contributed by atoms with E-state index in [4.69, 9.17) is 4.42 Å². The van der Waals surface area contributed by atoms with Crippen LogP contribution in [0, 0.1) is 6.92 Å². The molecule has 1 atom stereocenters. The summed E-state index contributed by atoms with van der Waals surface area (Å²) in [4.78, 5) is 50.5. The summed E-state index contributed by atoms with van der Waals surface area (Å²) in [6.07, 6.45) is 16.2. The van der Waals surface area contributed by atoms with Gasteiger partial charge in [0.15, 0.2) is 0 Å². The Kier molecular flexibility index (Phi) is 15.8. The summed E-state index contributed by atoms with van der Waals surface area (Å²) in [5, 5.41) is 6.54. The minimum Gasteiger partial charge on any atom is -0.423 e. The molecule has 2 N–H and O–H groups in total. The molecule has 2 rings (SSSR count). The van der Waals surface area contributed by atoms with Gasteiger partial charge < -0.3 is 20.0 Å². The van der Waals surface area contributed by atoms with Crippen LogP contribution in [0.3, 0.4) is 0 Å². The van der Waals surface area contributed by atoms with Crippen LogP contribution in [0.25, 0.3) is 11.0 Å². The molecule has 0 bridgehead atoms. The van der Waals surface area contributed by atoms with Gasteiger partial charge in [-0.25, -0.2) is 4.79 Å². The van der Waals surface area contributed by atoms with E-state index >= 15 is 0 Å². The summed E-state index contributed by atoms with van der Waals surface area (Å²) in [7, 11) is 1.64. The van der Waals surface area contributed by atoms with Gasteiger partial charge in [-0.05, 0) is 50.3 Å². The van der Waals surface area contributed by atoms with Gasteiger partial charge in [0.05, 0.1) is 0 Å². The second kappa shape index (κ2) is 19.1. The highest BCUT2D eigenvalue weighted by Crippen LogP contribution is 2.23. The maximum atomic E-state index is 13.3. The minimum atomic E-state index is -0.690. The molecule has 228 valence electrons. The fraction of sp³-hybridized carbons (Fsp3) is 0.636. The van der Waals surface area contributed by atoms with E-state index in [0.29, 0.717) is 37.1 Å². The number of anilines is 1. The summed E-state index contributed by atoms with van der Waals surface area (Å²) in [5.74, 6) is -0.458. The number of nitrogens with zero attached hydrogens (tertiary/aromatic N) is 1.